The van der Waals surface area contributed by atoms with Gasteiger partial charge in [-0.25, -0.2) is 0 Å². The van der Waals surface area contributed by atoms with Crippen LogP contribution in [0.3, 0.4) is 0 Å². The van der Waals surface area contributed by atoms with E-state index in [-0.39, 0.29) is 18.3 Å². The van der Waals surface area contributed by atoms with Crippen LogP contribution in [-0.4, -0.2) is 27.6 Å². The zero-order valence-corrected chi connectivity index (χ0v) is 18.3. The Bertz CT molecular complexity index is 1030. The monoisotopic (exact) mass is 435 g/mol. The Labute approximate surface area is 180 Å². The van der Waals surface area contributed by atoms with Gasteiger partial charge >= 0.3 is 0 Å². The molecule has 2 aromatic heterocycles. The zero-order chi connectivity index (χ0) is 21.1. The van der Waals surface area contributed by atoms with Gasteiger partial charge in [0.05, 0.1) is 10.7 Å². The van der Waals surface area contributed by atoms with Gasteiger partial charge in [-0.2, -0.15) is 5.10 Å². The number of halogens is 2. The van der Waals surface area contributed by atoms with Crippen molar-refractivity contribution in [2.24, 2.45) is 0 Å². The second-order valence-corrected chi connectivity index (χ2v) is 7.60. The fraction of sp³-hybridized carbons (Fsp3) is 0.333. The van der Waals surface area contributed by atoms with Crippen molar-refractivity contribution >= 4 is 29.1 Å². The van der Waals surface area contributed by atoms with Crippen LogP contribution in [0.5, 0.6) is 5.75 Å². The Kier molecular flexibility index (Phi) is 6.55. The molecule has 0 fully saturated rings. The highest BCUT2D eigenvalue weighted by molar-refractivity contribution is 6.35. The number of carbonyl (C=O) groups excluding carboxylic acids is 1. The Morgan fingerprint density at radius 2 is 2.00 bits per heavy atom. The summed E-state index contributed by atoms with van der Waals surface area (Å²) in [7, 11) is 1.75. The van der Waals surface area contributed by atoms with E-state index in [0.29, 0.717) is 28.1 Å². The molecule has 8 heteroatoms. The van der Waals surface area contributed by atoms with Crippen molar-refractivity contribution in [1.29, 1.82) is 0 Å². The summed E-state index contributed by atoms with van der Waals surface area (Å²) in [6, 6.07) is 8.36. The molecule has 6 nitrogen and oxygen atoms in total. The number of carbonyl (C=O) groups is 1. The van der Waals surface area contributed by atoms with Crippen molar-refractivity contribution in [2.75, 3.05) is 7.05 Å². The van der Waals surface area contributed by atoms with Gasteiger partial charge in [-0.05, 0) is 51.1 Å². The zero-order valence-electron chi connectivity index (χ0n) is 16.8. The lowest BCUT2D eigenvalue weighted by molar-refractivity contribution is 0.0749. The Morgan fingerprint density at radius 3 is 2.66 bits per heavy atom. The Balaban J connectivity index is 1.65. The molecule has 29 heavy (non-hydrogen) atoms. The lowest BCUT2D eigenvalue weighted by Crippen LogP contribution is -2.26. The first-order valence-electron chi connectivity index (χ1n) is 9.25. The van der Waals surface area contributed by atoms with E-state index in [0.717, 1.165) is 23.5 Å². The van der Waals surface area contributed by atoms with Gasteiger partial charge in [-0.3, -0.25) is 9.48 Å². The molecule has 0 aliphatic heterocycles. The first-order chi connectivity index (χ1) is 13.8. The van der Waals surface area contributed by atoms with Gasteiger partial charge in [0.1, 0.15) is 18.1 Å². The molecule has 0 saturated heterocycles. The summed E-state index contributed by atoms with van der Waals surface area (Å²) in [5.41, 5.74) is 3.05. The largest absolute Gasteiger partial charge is 0.484 e. The minimum absolute atomic E-state index is 0.153. The second-order valence-electron chi connectivity index (χ2n) is 6.76. The van der Waals surface area contributed by atoms with E-state index in [9.17, 15) is 4.79 Å². The van der Waals surface area contributed by atoms with Crippen LogP contribution in [0.15, 0.2) is 34.7 Å². The van der Waals surface area contributed by atoms with Gasteiger partial charge in [0.25, 0.3) is 5.91 Å². The summed E-state index contributed by atoms with van der Waals surface area (Å²) >= 11 is 12.0. The molecular formula is C21H23Cl2N3O3. The summed E-state index contributed by atoms with van der Waals surface area (Å²) in [6.07, 6.45) is 0. The summed E-state index contributed by atoms with van der Waals surface area (Å²) in [4.78, 5) is 14.4. The highest BCUT2D eigenvalue weighted by Gasteiger charge is 2.20. The van der Waals surface area contributed by atoms with Crippen LogP contribution in [-0.2, 0) is 19.7 Å². The third-order valence-corrected chi connectivity index (χ3v) is 5.24. The fourth-order valence-electron chi connectivity index (χ4n) is 3.08. The smallest absolute Gasteiger partial charge is 0.289 e. The molecule has 0 radical (unpaired) electrons. The minimum Gasteiger partial charge on any atom is -0.484 e. The maximum absolute atomic E-state index is 12.8. The standard InChI is InChI=1S/C21H23Cl2N3O3/c1-5-26-14(3)17(13(2)24-26)11-25(4)21(27)20-9-7-16(29-20)12-28-19-8-6-15(22)10-18(19)23/h6-10H,5,11-12H2,1-4H3. The summed E-state index contributed by atoms with van der Waals surface area (Å²) in [5.74, 6) is 1.07. The summed E-state index contributed by atoms with van der Waals surface area (Å²) < 4.78 is 13.3. The molecule has 0 aliphatic rings. The average Bonchev–Trinajstić information content (AvgIpc) is 3.26. The topological polar surface area (TPSA) is 60.5 Å². The van der Waals surface area contributed by atoms with Crippen LogP contribution >= 0.6 is 23.2 Å². The summed E-state index contributed by atoms with van der Waals surface area (Å²) in [6.45, 7) is 7.42. The van der Waals surface area contributed by atoms with Crippen LogP contribution < -0.4 is 4.74 Å². The maximum Gasteiger partial charge on any atom is 0.289 e. The SMILES string of the molecule is CCn1nc(C)c(CN(C)C(=O)c2ccc(COc3ccc(Cl)cc3Cl)o2)c1C. The van der Waals surface area contributed by atoms with Crippen LogP contribution in [0.1, 0.15) is 40.2 Å². The van der Waals surface area contributed by atoms with Gasteiger partial charge in [-0.15, -0.1) is 0 Å². The number of benzene rings is 1. The van der Waals surface area contributed by atoms with Gasteiger partial charge in [0.15, 0.2) is 5.76 Å². The Morgan fingerprint density at radius 1 is 1.24 bits per heavy atom. The van der Waals surface area contributed by atoms with E-state index in [1.165, 1.54) is 0 Å². The highest BCUT2D eigenvalue weighted by Crippen LogP contribution is 2.28. The van der Waals surface area contributed by atoms with Gasteiger partial charge in [-0.1, -0.05) is 23.2 Å². The molecular weight excluding hydrogens is 413 g/mol. The van der Waals surface area contributed by atoms with Gasteiger partial charge in [0.2, 0.25) is 0 Å². The van der Waals surface area contributed by atoms with Gasteiger partial charge < -0.3 is 14.1 Å². The number of amides is 1. The molecule has 2 heterocycles. The van der Waals surface area contributed by atoms with Crippen LogP contribution in [0.4, 0.5) is 0 Å². The van der Waals surface area contributed by atoms with Crippen molar-refractivity contribution in [3.05, 3.63) is 68.8 Å². The predicted molar refractivity (Wildman–Crippen MR) is 113 cm³/mol. The number of furan rings is 1. The van der Waals surface area contributed by atoms with Crippen LogP contribution in [0.2, 0.25) is 10.0 Å². The number of rotatable bonds is 7. The molecule has 0 unspecified atom stereocenters. The molecule has 0 atom stereocenters. The van der Waals surface area contributed by atoms with E-state index in [2.05, 4.69) is 5.10 Å². The fourth-order valence-corrected chi connectivity index (χ4v) is 3.54. The number of aryl methyl sites for hydroxylation is 2. The highest BCUT2D eigenvalue weighted by atomic mass is 35.5. The molecule has 3 rings (SSSR count). The second kappa shape index (κ2) is 8.93. The molecule has 1 amide bonds. The molecule has 0 saturated carbocycles. The quantitative estimate of drug-likeness (QED) is 0.506. The molecule has 154 valence electrons. The van der Waals surface area contributed by atoms with E-state index < -0.39 is 0 Å². The minimum atomic E-state index is -0.205. The first-order valence-corrected chi connectivity index (χ1v) is 10.0. The molecule has 1 aromatic carbocycles. The predicted octanol–water partition coefficient (Wildman–Crippen LogP) is 5.27. The molecule has 0 bridgehead atoms. The van der Waals surface area contributed by atoms with Crippen molar-refractivity contribution in [3.8, 4) is 5.75 Å². The molecule has 0 aliphatic carbocycles. The van der Waals surface area contributed by atoms with Crippen LogP contribution in [0, 0.1) is 13.8 Å². The maximum atomic E-state index is 12.8. The van der Waals surface area contributed by atoms with E-state index in [4.69, 9.17) is 32.4 Å². The number of hydrogen-bond donors (Lipinski definition) is 0. The van der Waals surface area contributed by atoms with Crippen molar-refractivity contribution in [1.82, 2.24) is 14.7 Å². The first kappa shape index (κ1) is 21.3. The van der Waals surface area contributed by atoms with E-state index in [1.807, 2.05) is 25.5 Å². The lowest BCUT2D eigenvalue weighted by atomic mass is 10.2. The normalized spacial score (nSPS) is 11.0. The number of nitrogens with zero attached hydrogens (tertiary/aromatic N) is 3. The molecule has 3 aromatic rings. The third-order valence-electron chi connectivity index (χ3n) is 4.71. The molecule has 0 N–H and O–H groups in total. The van der Waals surface area contributed by atoms with E-state index in [1.54, 1.807) is 42.3 Å². The third kappa shape index (κ3) is 4.77. The number of hydrogen-bond acceptors (Lipinski definition) is 4. The average molecular weight is 436 g/mol. The van der Waals surface area contributed by atoms with Crippen molar-refractivity contribution in [3.63, 3.8) is 0 Å². The Hall–Kier alpha value is -2.44. The van der Waals surface area contributed by atoms with Crippen molar-refractivity contribution in [2.45, 2.75) is 40.5 Å². The number of ether oxygens (including phenoxy) is 1. The summed E-state index contributed by atoms with van der Waals surface area (Å²) in [5, 5.41) is 5.45. The van der Waals surface area contributed by atoms with Crippen LogP contribution in [0.25, 0.3) is 0 Å². The van der Waals surface area contributed by atoms with Gasteiger partial charge in [0, 0.05) is 36.4 Å². The van der Waals surface area contributed by atoms with E-state index >= 15 is 0 Å². The molecule has 0 spiro atoms. The van der Waals surface area contributed by atoms with Crippen molar-refractivity contribution < 1.29 is 13.9 Å². The number of aromatic nitrogens is 2. The lowest BCUT2D eigenvalue weighted by Gasteiger charge is -2.16.